The number of nitrogens with zero attached hydrogens (tertiary/aromatic N) is 1. The molecule has 0 aromatic heterocycles. The van der Waals surface area contributed by atoms with E-state index in [0.717, 1.165) is 30.7 Å². The second-order valence-electron chi connectivity index (χ2n) is 5.44. The molecule has 0 radical (unpaired) electrons. The van der Waals surface area contributed by atoms with Gasteiger partial charge in [0.2, 0.25) is 0 Å². The molecule has 2 unspecified atom stereocenters. The number of carbonyl (C=O) groups is 1. The van der Waals surface area contributed by atoms with Crippen LogP contribution in [0.5, 0.6) is 5.75 Å². The van der Waals surface area contributed by atoms with Crippen molar-refractivity contribution >= 4 is 5.91 Å². The molecular formula is C15H19NO3. The van der Waals surface area contributed by atoms with Gasteiger partial charge in [-0.3, -0.25) is 4.79 Å². The van der Waals surface area contributed by atoms with Crippen molar-refractivity contribution < 1.29 is 14.6 Å². The van der Waals surface area contributed by atoms with Gasteiger partial charge in [-0.15, -0.1) is 0 Å². The second kappa shape index (κ2) is 4.85. The van der Waals surface area contributed by atoms with E-state index in [9.17, 15) is 9.90 Å². The summed E-state index contributed by atoms with van der Waals surface area (Å²) in [5.41, 5.74) is 1.82. The maximum absolute atomic E-state index is 12.5. The average molecular weight is 261 g/mol. The van der Waals surface area contributed by atoms with Crippen molar-refractivity contribution in [3.8, 4) is 5.75 Å². The third kappa shape index (κ3) is 2.10. The minimum absolute atomic E-state index is 0.0260. The fourth-order valence-electron chi connectivity index (χ4n) is 3.02. The van der Waals surface area contributed by atoms with E-state index in [-0.39, 0.29) is 18.6 Å². The van der Waals surface area contributed by atoms with Crippen LogP contribution in [0.4, 0.5) is 0 Å². The van der Waals surface area contributed by atoms with E-state index in [1.54, 1.807) is 0 Å². The van der Waals surface area contributed by atoms with Crippen LogP contribution < -0.4 is 4.74 Å². The van der Waals surface area contributed by atoms with Gasteiger partial charge in [0.05, 0.1) is 19.3 Å². The molecular weight excluding hydrogens is 242 g/mol. The molecule has 4 heteroatoms. The number of ether oxygens (including phenoxy) is 1. The molecule has 0 spiro atoms. The molecule has 2 heterocycles. The van der Waals surface area contributed by atoms with Crippen LogP contribution in [-0.4, -0.2) is 41.7 Å². The first-order valence-electron chi connectivity index (χ1n) is 6.88. The molecule has 1 saturated heterocycles. The normalized spacial score (nSPS) is 25.3. The highest BCUT2D eigenvalue weighted by atomic mass is 16.5. The molecule has 1 fully saturated rings. The number of amides is 1. The molecule has 0 bridgehead atoms. The lowest BCUT2D eigenvalue weighted by molar-refractivity contribution is 0.0648. The molecule has 3 rings (SSSR count). The molecule has 1 aromatic rings. The zero-order valence-corrected chi connectivity index (χ0v) is 11.1. The topological polar surface area (TPSA) is 49.8 Å². The number of aliphatic hydroxyl groups excluding tert-OH is 1. The molecule has 1 aromatic carbocycles. The smallest absolute Gasteiger partial charge is 0.254 e. The van der Waals surface area contributed by atoms with Crippen molar-refractivity contribution in [1.82, 2.24) is 4.90 Å². The number of rotatable bonds is 2. The van der Waals surface area contributed by atoms with Crippen LogP contribution in [0.3, 0.4) is 0 Å². The lowest BCUT2D eigenvalue weighted by atomic mass is 10.0. The van der Waals surface area contributed by atoms with Crippen LogP contribution in [0, 0.1) is 5.92 Å². The predicted octanol–water partition coefficient (Wildman–Crippen LogP) is 1.46. The van der Waals surface area contributed by atoms with Crippen molar-refractivity contribution in [1.29, 1.82) is 0 Å². The van der Waals surface area contributed by atoms with Crippen molar-refractivity contribution in [3.63, 3.8) is 0 Å². The van der Waals surface area contributed by atoms with Crippen LogP contribution in [0.15, 0.2) is 18.2 Å². The molecule has 2 aliphatic rings. The SMILES string of the molecule is CC1CCN(C(=O)c2ccc3c(c2)CCO3)C1CO. The van der Waals surface area contributed by atoms with Crippen molar-refractivity contribution in [2.45, 2.75) is 25.8 Å². The Kier molecular flexibility index (Phi) is 3.19. The van der Waals surface area contributed by atoms with Gasteiger partial charge in [-0.2, -0.15) is 0 Å². The Balaban J connectivity index is 1.84. The molecule has 0 aliphatic carbocycles. The van der Waals surface area contributed by atoms with E-state index in [1.165, 1.54) is 0 Å². The Morgan fingerprint density at radius 3 is 3.16 bits per heavy atom. The molecule has 1 N–H and O–H groups in total. The van der Waals surface area contributed by atoms with Crippen molar-refractivity contribution in [2.75, 3.05) is 19.8 Å². The van der Waals surface area contributed by atoms with Gasteiger partial charge in [-0.1, -0.05) is 6.92 Å². The van der Waals surface area contributed by atoms with E-state index >= 15 is 0 Å². The number of hydrogen-bond acceptors (Lipinski definition) is 3. The summed E-state index contributed by atoms with van der Waals surface area (Å²) >= 11 is 0. The fraction of sp³-hybridized carbons (Fsp3) is 0.533. The quantitative estimate of drug-likeness (QED) is 0.877. The Morgan fingerprint density at radius 1 is 1.53 bits per heavy atom. The summed E-state index contributed by atoms with van der Waals surface area (Å²) in [4.78, 5) is 14.3. The van der Waals surface area contributed by atoms with Gasteiger partial charge in [-0.05, 0) is 36.1 Å². The molecule has 2 aliphatic heterocycles. The predicted molar refractivity (Wildman–Crippen MR) is 71.3 cm³/mol. The highest BCUT2D eigenvalue weighted by Gasteiger charge is 2.34. The van der Waals surface area contributed by atoms with Crippen LogP contribution in [0.25, 0.3) is 0 Å². The van der Waals surface area contributed by atoms with Gasteiger partial charge < -0.3 is 14.7 Å². The van der Waals surface area contributed by atoms with Gasteiger partial charge in [-0.25, -0.2) is 0 Å². The lowest BCUT2D eigenvalue weighted by Crippen LogP contribution is -2.39. The summed E-state index contributed by atoms with van der Waals surface area (Å²) in [6.07, 6.45) is 1.83. The maximum Gasteiger partial charge on any atom is 0.254 e. The van der Waals surface area contributed by atoms with E-state index in [2.05, 4.69) is 6.92 Å². The summed E-state index contributed by atoms with van der Waals surface area (Å²) in [5.74, 6) is 1.29. The first kappa shape index (κ1) is 12.5. The zero-order valence-electron chi connectivity index (χ0n) is 11.1. The summed E-state index contributed by atoms with van der Waals surface area (Å²) in [6.45, 7) is 3.57. The monoisotopic (exact) mass is 261 g/mol. The van der Waals surface area contributed by atoms with Gasteiger partial charge in [0.1, 0.15) is 5.75 Å². The average Bonchev–Trinajstić information content (AvgIpc) is 3.02. The molecule has 1 amide bonds. The summed E-state index contributed by atoms with van der Waals surface area (Å²) in [5, 5.41) is 9.44. The molecule has 0 saturated carbocycles. The summed E-state index contributed by atoms with van der Waals surface area (Å²) in [6, 6.07) is 5.59. The summed E-state index contributed by atoms with van der Waals surface area (Å²) in [7, 11) is 0. The van der Waals surface area contributed by atoms with Crippen LogP contribution >= 0.6 is 0 Å². The highest BCUT2D eigenvalue weighted by Crippen LogP contribution is 2.29. The third-order valence-electron chi connectivity index (χ3n) is 4.27. The third-order valence-corrected chi connectivity index (χ3v) is 4.27. The second-order valence-corrected chi connectivity index (χ2v) is 5.44. The number of aliphatic hydroxyl groups is 1. The number of hydrogen-bond donors (Lipinski definition) is 1. The van der Waals surface area contributed by atoms with E-state index in [4.69, 9.17) is 4.74 Å². The van der Waals surface area contributed by atoms with Crippen molar-refractivity contribution in [3.05, 3.63) is 29.3 Å². The number of benzene rings is 1. The number of likely N-dealkylation sites (tertiary alicyclic amines) is 1. The van der Waals surface area contributed by atoms with Gasteiger partial charge >= 0.3 is 0 Å². The van der Waals surface area contributed by atoms with Gasteiger partial charge in [0.15, 0.2) is 0 Å². The van der Waals surface area contributed by atoms with Crippen LogP contribution in [0.2, 0.25) is 0 Å². The minimum atomic E-state index is -0.0444. The molecule has 2 atom stereocenters. The Hall–Kier alpha value is -1.55. The molecule has 102 valence electrons. The number of carbonyl (C=O) groups excluding carboxylic acids is 1. The Morgan fingerprint density at radius 2 is 2.37 bits per heavy atom. The van der Waals surface area contributed by atoms with Crippen molar-refractivity contribution in [2.24, 2.45) is 5.92 Å². The maximum atomic E-state index is 12.5. The number of fused-ring (bicyclic) bond motifs is 1. The van der Waals surface area contributed by atoms with Gasteiger partial charge in [0.25, 0.3) is 5.91 Å². The largest absolute Gasteiger partial charge is 0.493 e. The standard InChI is InChI=1S/C15H19NO3/c1-10-4-6-16(13(10)9-17)15(18)12-2-3-14-11(8-12)5-7-19-14/h2-3,8,10,13,17H,4-7,9H2,1H3. The first-order valence-corrected chi connectivity index (χ1v) is 6.88. The van der Waals surface area contributed by atoms with Gasteiger partial charge in [0, 0.05) is 18.5 Å². The van der Waals surface area contributed by atoms with E-state index in [1.807, 2.05) is 23.1 Å². The fourth-order valence-corrected chi connectivity index (χ4v) is 3.02. The first-order chi connectivity index (χ1) is 9.20. The van der Waals surface area contributed by atoms with E-state index < -0.39 is 0 Å². The molecule has 4 nitrogen and oxygen atoms in total. The minimum Gasteiger partial charge on any atom is -0.493 e. The Bertz CT molecular complexity index is 500. The highest BCUT2D eigenvalue weighted by molar-refractivity contribution is 5.95. The lowest BCUT2D eigenvalue weighted by Gasteiger charge is -2.25. The van der Waals surface area contributed by atoms with Crippen LogP contribution in [-0.2, 0) is 6.42 Å². The Labute approximate surface area is 113 Å². The van der Waals surface area contributed by atoms with E-state index in [0.29, 0.717) is 18.1 Å². The zero-order chi connectivity index (χ0) is 13.4. The summed E-state index contributed by atoms with van der Waals surface area (Å²) < 4.78 is 5.45. The molecule has 19 heavy (non-hydrogen) atoms. The van der Waals surface area contributed by atoms with Crippen LogP contribution in [0.1, 0.15) is 29.3 Å².